The van der Waals surface area contributed by atoms with Crippen molar-refractivity contribution < 1.29 is 37.1 Å². The molecular weight excluding hydrogens is 639 g/mol. The Hall–Kier alpha value is -4.00. The van der Waals surface area contributed by atoms with Crippen molar-refractivity contribution >= 4 is 29.2 Å². The summed E-state index contributed by atoms with van der Waals surface area (Å²) in [6, 6.07) is 5.52. The number of ketones is 1. The van der Waals surface area contributed by atoms with E-state index in [0.29, 0.717) is 44.6 Å². The Balaban J connectivity index is 1.53. The van der Waals surface area contributed by atoms with Gasteiger partial charge < -0.3 is 25.2 Å². The minimum Gasteiger partial charge on any atom is -0.481 e. The number of carbonyl (C=O) groups excluding carboxylic acids is 4. The Labute approximate surface area is 286 Å². The molecule has 2 fully saturated rings. The number of hydrogen-bond donors (Lipinski definition) is 2. The van der Waals surface area contributed by atoms with Crippen molar-refractivity contribution in [3.05, 3.63) is 53.5 Å². The zero-order chi connectivity index (χ0) is 35.7. The molecule has 1 aromatic heterocycles. The lowest BCUT2D eigenvalue weighted by Gasteiger charge is -2.36. The molecule has 1 aliphatic carbocycles. The number of anilines is 1. The molecule has 0 spiro atoms. The average molecular weight is 688 g/mol. The highest BCUT2D eigenvalue weighted by Crippen LogP contribution is 2.37. The maximum Gasteiger partial charge on any atom is 0.331 e. The van der Waals surface area contributed by atoms with Crippen molar-refractivity contribution in [3.8, 4) is 5.88 Å². The van der Waals surface area contributed by atoms with Crippen LogP contribution in [0.4, 0.5) is 18.9 Å². The number of piperazine rings is 1. The highest BCUT2D eigenvalue weighted by molar-refractivity contribution is 5.97. The first kappa shape index (κ1) is 37.8. The van der Waals surface area contributed by atoms with E-state index in [1.165, 1.54) is 25.3 Å². The van der Waals surface area contributed by atoms with E-state index in [-0.39, 0.29) is 35.7 Å². The summed E-state index contributed by atoms with van der Waals surface area (Å²) in [5.41, 5.74) is -0.339. The number of hydrogen-bond acceptors (Lipinski definition) is 7. The van der Waals surface area contributed by atoms with Crippen LogP contribution >= 0.6 is 0 Å². The number of halogens is 3. The number of rotatable bonds is 13. The molecule has 3 atom stereocenters. The molecule has 1 saturated heterocycles. The van der Waals surface area contributed by atoms with Crippen molar-refractivity contribution in [2.75, 3.05) is 45.7 Å². The summed E-state index contributed by atoms with van der Waals surface area (Å²) in [6.07, 6.45) is 4.99. The van der Waals surface area contributed by atoms with Gasteiger partial charge in [0.15, 0.2) is 0 Å². The molecule has 0 radical (unpaired) electrons. The van der Waals surface area contributed by atoms with Crippen LogP contribution in [0, 0.1) is 17.7 Å². The standard InChI is InChI=1S/C36H48F3N5O5/c1-5-31(46)42-33(35(48)44-18-16-43(3)17-19-44)23(2)25-12-14-29(28(37)20-25)41-34(47)27(24-10-8-6-7-9-11-24)21-30(45)36(38,39)26-13-15-32(49-4)40-22-26/h12-15,20,22-24,27,33H,5-11,16-19,21H2,1-4H3,(H,41,47)(H,42,46)/t23-,27-,33+/m0/s1. The molecule has 1 saturated carbocycles. The minimum atomic E-state index is -3.89. The van der Waals surface area contributed by atoms with E-state index in [1.54, 1.807) is 24.8 Å². The van der Waals surface area contributed by atoms with E-state index in [2.05, 4.69) is 20.5 Å². The van der Waals surface area contributed by atoms with Gasteiger partial charge in [-0.2, -0.15) is 8.78 Å². The van der Waals surface area contributed by atoms with E-state index in [4.69, 9.17) is 4.74 Å². The number of nitrogens with one attached hydrogen (secondary N) is 2. The number of aromatic nitrogens is 1. The number of pyridine rings is 1. The zero-order valence-corrected chi connectivity index (χ0v) is 28.8. The third-order valence-corrected chi connectivity index (χ3v) is 9.86. The van der Waals surface area contributed by atoms with Gasteiger partial charge in [0.2, 0.25) is 29.4 Å². The first-order valence-corrected chi connectivity index (χ1v) is 17.1. The smallest absolute Gasteiger partial charge is 0.331 e. The second-order valence-electron chi connectivity index (χ2n) is 13.2. The lowest BCUT2D eigenvalue weighted by atomic mass is 9.81. The highest BCUT2D eigenvalue weighted by Gasteiger charge is 2.44. The predicted molar refractivity (Wildman–Crippen MR) is 179 cm³/mol. The second-order valence-corrected chi connectivity index (χ2v) is 13.2. The average Bonchev–Trinajstić information content (AvgIpc) is 3.39. The van der Waals surface area contributed by atoms with Gasteiger partial charge in [0.1, 0.15) is 11.9 Å². The number of ether oxygens (including phenoxy) is 1. The number of methoxy groups -OCH3 is 1. The number of alkyl halides is 2. The van der Waals surface area contributed by atoms with Crippen LogP contribution in [0.25, 0.3) is 0 Å². The number of amides is 3. The molecule has 2 aromatic rings. The Bertz CT molecular complexity index is 1460. The van der Waals surface area contributed by atoms with Crippen molar-refractivity contribution in [1.82, 2.24) is 20.1 Å². The number of likely N-dealkylation sites (N-methyl/N-ethyl adjacent to an activating group) is 1. The third kappa shape index (κ3) is 9.58. The molecule has 2 aliphatic rings. The Morgan fingerprint density at radius 3 is 2.27 bits per heavy atom. The lowest BCUT2D eigenvalue weighted by Crippen LogP contribution is -2.55. The minimum absolute atomic E-state index is 0.119. The molecule has 4 rings (SSSR count). The molecule has 0 bridgehead atoms. The van der Waals surface area contributed by atoms with Crippen LogP contribution < -0.4 is 15.4 Å². The monoisotopic (exact) mass is 687 g/mol. The normalized spacial score (nSPS) is 18.1. The zero-order valence-electron chi connectivity index (χ0n) is 28.8. The third-order valence-electron chi connectivity index (χ3n) is 9.86. The molecule has 268 valence electrons. The quantitative estimate of drug-likeness (QED) is 0.275. The fourth-order valence-electron chi connectivity index (χ4n) is 6.60. The molecule has 49 heavy (non-hydrogen) atoms. The maximum absolute atomic E-state index is 15.7. The topological polar surface area (TPSA) is 121 Å². The van der Waals surface area contributed by atoms with Crippen LogP contribution in [0.3, 0.4) is 0 Å². The number of benzene rings is 1. The number of nitrogens with zero attached hydrogens (tertiary/aromatic N) is 3. The van der Waals surface area contributed by atoms with Gasteiger partial charge >= 0.3 is 5.92 Å². The predicted octanol–water partition coefficient (Wildman–Crippen LogP) is 5.28. The van der Waals surface area contributed by atoms with Crippen LogP contribution in [0.1, 0.15) is 82.3 Å². The molecule has 1 aliphatic heterocycles. The molecule has 3 amide bonds. The lowest BCUT2D eigenvalue weighted by molar-refractivity contribution is -0.147. The van der Waals surface area contributed by atoms with Gasteiger partial charge in [-0.15, -0.1) is 0 Å². The number of Topliss-reactive ketones (excluding diaryl/α,β-unsaturated/α-hetero) is 1. The van der Waals surface area contributed by atoms with E-state index in [9.17, 15) is 19.2 Å². The molecule has 10 nitrogen and oxygen atoms in total. The second kappa shape index (κ2) is 17.1. The summed E-state index contributed by atoms with van der Waals surface area (Å²) in [4.78, 5) is 60.4. The van der Waals surface area contributed by atoms with Gasteiger partial charge in [-0.1, -0.05) is 45.6 Å². The molecule has 2 N–H and O–H groups in total. The Morgan fingerprint density at radius 1 is 1.02 bits per heavy atom. The van der Waals surface area contributed by atoms with Gasteiger partial charge in [0.05, 0.1) is 12.8 Å². The summed E-state index contributed by atoms with van der Waals surface area (Å²) in [5.74, 6) is -9.28. The molecular formula is C36H48F3N5O5. The molecule has 2 heterocycles. The summed E-state index contributed by atoms with van der Waals surface area (Å²) in [6.45, 7) is 5.82. The van der Waals surface area contributed by atoms with Crippen LogP contribution in [-0.2, 0) is 25.1 Å². The fourth-order valence-corrected chi connectivity index (χ4v) is 6.60. The Kier molecular flexibility index (Phi) is 13.2. The van der Waals surface area contributed by atoms with Crippen LogP contribution in [0.2, 0.25) is 0 Å². The van der Waals surface area contributed by atoms with E-state index >= 15 is 13.2 Å². The van der Waals surface area contributed by atoms with E-state index in [0.717, 1.165) is 37.9 Å². The van der Waals surface area contributed by atoms with Gasteiger partial charge in [-0.05, 0) is 49.6 Å². The molecule has 1 aromatic carbocycles. The van der Waals surface area contributed by atoms with E-state index < -0.39 is 53.3 Å². The van der Waals surface area contributed by atoms with Gasteiger partial charge in [-0.3, -0.25) is 19.2 Å². The van der Waals surface area contributed by atoms with Crippen molar-refractivity contribution in [1.29, 1.82) is 0 Å². The van der Waals surface area contributed by atoms with E-state index in [1.807, 2.05) is 7.05 Å². The molecule has 0 unspecified atom stereocenters. The summed E-state index contributed by atoms with van der Waals surface area (Å²) >= 11 is 0. The van der Waals surface area contributed by atoms with Gasteiger partial charge in [0, 0.05) is 68.7 Å². The van der Waals surface area contributed by atoms with Gasteiger partial charge in [0.25, 0.3) is 0 Å². The SMILES string of the molecule is CCC(=O)N[C@@H](C(=O)N1CCN(C)CC1)[C@@H](C)c1ccc(NC(=O)[C@@H](CC(=O)C(F)(F)c2ccc(OC)nc2)C2CCCCCC2)c(F)c1. The Morgan fingerprint density at radius 2 is 1.69 bits per heavy atom. The van der Waals surface area contributed by atoms with Crippen molar-refractivity contribution in [2.24, 2.45) is 11.8 Å². The van der Waals surface area contributed by atoms with Gasteiger partial charge in [-0.25, -0.2) is 9.37 Å². The number of carbonyl (C=O) groups is 4. The highest BCUT2D eigenvalue weighted by atomic mass is 19.3. The molecule has 13 heteroatoms. The largest absolute Gasteiger partial charge is 0.481 e. The first-order valence-electron chi connectivity index (χ1n) is 17.1. The maximum atomic E-state index is 15.7. The van der Waals surface area contributed by atoms with Crippen LogP contribution in [0.15, 0.2) is 36.5 Å². The van der Waals surface area contributed by atoms with Crippen molar-refractivity contribution in [3.63, 3.8) is 0 Å². The van der Waals surface area contributed by atoms with Crippen LogP contribution in [-0.4, -0.2) is 84.7 Å². The first-order chi connectivity index (χ1) is 23.3. The van der Waals surface area contributed by atoms with Crippen molar-refractivity contribution in [2.45, 2.75) is 83.1 Å². The summed E-state index contributed by atoms with van der Waals surface area (Å²) in [5, 5.41) is 5.37. The van der Waals surface area contributed by atoms with Crippen LogP contribution in [0.5, 0.6) is 5.88 Å². The fraction of sp³-hybridized carbons (Fsp3) is 0.583. The summed E-state index contributed by atoms with van der Waals surface area (Å²) in [7, 11) is 3.31. The summed E-state index contributed by atoms with van der Waals surface area (Å²) < 4.78 is 51.3.